The van der Waals surface area contributed by atoms with E-state index < -0.39 is 377 Å². The van der Waals surface area contributed by atoms with Gasteiger partial charge in [-0.05, 0) is 13.8 Å². The summed E-state index contributed by atoms with van der Waals surface area (Å²) in [4.78, 5) is 39.5. The fourth-order valence-electron chi connectivity index (χ4n) is 15.4. The third-order valence-corrected chi connectivity index (χ3v) is 22.0. The van der Waals surface area contributed by atoms with Gasteiger partial charge in [-0.1, -0.05) is 0 Å². The first kappa shape index (κ1) is 96.8. The van der Waals surface area contributed by atoms with Crippen LogP contribution in [0, 0.1) is 0 Å². The summed E-state index contributed by atoms with van der Waals surface area (Å²) in [5, 5.41) is 307. The van der Waals surface area contributed by atoms with E-state index >= 15 is 0 Å². The molecule has 0 aromatic heterocycles. The maximum atomic E-state index is 13.2. The normalized spacial score (nSPS) is 51.1. The second-order valence-corrected chi connectivity index (χ2v) is 30.2. The van der Waals surface area contributed by atoms with Crippen molar-refractivity contribution >= 4 is 17.7 Å². The molecule has 118 heavy (non-hydrogen) atoms. The van der Waals surface area contributed by atoms with E-state index in [1.165, 1.54) is 13.8 Å². The molecule has 52 heteroatoms. The van der Waals surface area contributed by atoms with Gasteiger partial charge in [-0.15, -0.1) is 0 Å². The molecular formula is C66H111N3O49. The lowest BCUT2D eigenvalue weighted by atomic mass is 9.93. The van der Waals surface area contributed by atoms with Gasteiger partial charge in [0.1, 0.15) is 232 Å². The van der Waals surface area contributed by atoms with E-state index in [0.29, 0.717) is 0 Å². The lowest BCUT2D eigenvalue weighted by Crippen LogP contribution is -2.71. The summed E-state index contributed by atoms with van der Waals surface area (Å²) in [7, 11) is 0. The van der Waals surface area contributed by atoms with Crippen LogP contribution in [-0.4, -0.2) is 515 Å². The summed E-state index contributed by atoms with van der Waals surface area (Å²) in [5.74, 6) is -2.94. The Morgan fingerprint density at radius 1 is 0.237 bits per heavy atom. The average molecular weight is 1730 g/mol. The van der Waals surface area contributed by atoms with Crippen LogP contribution in [0.4, 0.5) is 0 Å². The number of nitrogens with one attached hydrogen (secondary N) is 3. The lowest BCUT2D eigenvalue weighted by Gasteiger charge is -2.51. The zero-order chi connectivity index (χ0) is 86.8. The third kappa shape index (κ3) is 20.8. The molecule has 10 rings (SSSR count). The van der Waals surface area contributed by atoms with E-state index in [2.05, 4.69) is 16.0 Å². The van der Waals surface area contributed by atoms with Crippen LogP contribution in [0.1, 0.15) is 34.6 Å². The Balaban J connectivity index is 0.954. The molecule has 0 aromatic rings. The topological polar surface area (TPSA) is 809 Å². The van der Waals surface area contributed by atoms with Crippen molar-refractivity contribution in [1.29, 1.82) is 0 Å². The minimum atomic E-state index is -2.55. The fraction of sp³-hybridized carbons (Fsp3) is 0.955. The molecule has 684 valence electrons. The SMILES string of the molecule is CC(=O)N[C@H]1[C@H](O[C@H]2[C@@H](O)[C@@H](CO)O[C@@H](O[C@H]3[C@H](O)[C@@H](O)C(O)O[C@@H]3CO)[C@@H]2O)O[C@H](CO)[C@@H](O[C@@H]2O[C@H](CO[C@@H]3O[C@H](CO)[C@@H](O[C@@H]4O[C@H](CO)[C@H](O)[C@H](O)[C@H]4O[C@@H]4O[C@@H](C)[C@@H](O)[C@@H](O)[C@@H]4O)[C@H](O)[C@H]3NC(C)=O)[C@H](O)[C@H](O[C@@H]3O[C@H](CO)[C@@H](O[C@@H]4O[C@H](CO)[C@H](O)[C@H](O)[C@H]4O[C@@H]4O[C@@H](C)[C@@H](O)[C@@H](O)[C@@H]4O)[C@H](O)[C@H]3NC(C)=O)[C@H]2O)[C@@H]1O. The van der Waals surface area contributed by atoms with Crippen LogP contribution < -0.4 is 16.0 Å². The molecule has 0 bridgehead atoms. The van der Waals surface area contributed by atoms with Gasteiger partial charge >= 0.3 is 0 Å². The van der Waals surface area contributed by atoms with E-state index in [-0.39, 0.29) is 0 Å². The smallest absolute Gasteiger partial charge is 0.217 e. The van der Waals surface area contributed by atoms with Gasteiger partial charge in [0.25, 0.3) is 0 Å². The van der Waals surface area contributed by atoms with Gasteiger partial charge in [-0.2, -0.15) is 0 Å². The minimum absolute atomic E-state index is 0.913. The number of amides is 3. The summed E-state index contributed by atoms with van der Waals surface area (Å²) in [5.41, 5.74) is 0. The number of aliphatic hydroxyl groups is 27. The van der Waals surface area contributed by atoms with Crippen molar-refractivity contribution in [3.63, 3.8) is 0 Å². The molecule has 10 aliphatic heterocycles. The predicted octanol–water partition coefficient (Wildman–Crippen LogP) is -20.3. The highest BCUT2D eigenvalue weighted by Gasteiger charge is 2.62. The van der Waals surface area contributed by atoms with Gasteiger partial charge in [-0.3, -0.25) is 14.4 Å². The van der Waals surface area contributed by atoms with Crippen molar-refractivity contribution < 1.29 is 242 Å². The van der Waals surface area contributed by atoms with Crippen LogP contribution in [0.2, 0.25) is 0 Å². The highest BCUT2D eigenvalue weighted by Crippen LogP contribution is 2.41. The van der Waals surface area contributed by atoms with Crippen LogP contribution in [0.15, 0.2) is 0 Å². The first-order valence-electron chi connectivity index (χ1n) is 37.9. The Labute approximate surface area is 668 Å². The maximum Gasteiger partial charge on any atom is 0.217 e. The highest BCUT2D eigenvalue weighted by atomic mass is 16.8. The van der Waals surface area contributed by atoms with Gasteiger partial charge in [0, 0.05) is 20.8 Å². The number of carbonyl (C=O) groups excluding carboxylic acids is 3. The molecule has 10 aliphatic rings. The zero-order valence-corrected chi connectivity index (χ0v) is 63.6. The van der Waals surface area contributed by atoms with Crippen LogP contribution in [-0.2, 0) is 104 Å². The molecule has 50 atom stereocenters. The Hall–Kier alpha value is -3.43. The molecule has 52 nitrogen and oxygen atoms in total. The van der Waals surface area contributed by atoms with E-state index in [1.807, 2.05) is 0 Å². The molecule has 30 N–H and O–H groups in total. The molecule has 0 radical (unpaired) electrons. The summed E-state index contributed by atoms with van der Waals surface area (Å²) in [6.45, 7) is -3.58. The predicted molar refractivity (Wildman–Crippen MR) is 362 cm³/mol. The second-order valence-electron chi connectivity index (χ2n) is 30.2. The Bertz CT molecular complexity index is 3140. The molecule has 0 spiro atoms. The molecular weight excluding hydrogens is 1620 g/mol. The van der Waals surface area contributed by atoms with E-state index in [1.54, 1.807) is 0 Å². The first-order chi connectivity index (χ1) is 55.8. The quantitative estimate of drug-likeness (QED) is 0.0331. The molecule has 10 fully saturated rings. The number of aliphatic hydroxyl groups excluding tert-OH is 27. The lowest BCUT2D eigenvalue weighted by molar-refractivity contribution is -0.394. The van der Waals surface area contributed by atoms with Crippen molar-refractivity contribution in [3.8, 4) is 0 Å². The van der Waals surface area contributed by atoms with Crippen LogP contribution in [0.5, 0.6) is 0 Å². The van der Waals surface area contributed by atoms with Gasteiger partial charge in [0.05, 0.1) is 65.1 Å². The van der Waals surface area contributed by atoms with Crippen molar-refractivity contribution in [2.24, 2.45) is 0 Å². The van der Waals surface area contributed by atoms with Gasteiger partial charge < -0.3 is 244 Å². The molecule has 0 aliphatic carbocycles. The van der Waals surface area contributed by atoms with E-state index in [4.69, 9.17) is 90.0 Å². The Kier molecular flexibility index (Phi) is 34.3. The number of carbonyl (C=O) groups is 3. The number of hydrogen-bond acceptors (Lipinski definition) is 49. The van der Waals surface area contributed by atoms with Crippen molar-refractivity contribution in [2.75, 3.05) is 52.9 Å². The summed E-state index contributed by atoms with van der Waals surface area (Å²) in [6, 6.07) is -5.97. The number of hydrogen-bond donors (Lipinski definition) is 30. The van der Waals surface area contributed by atoms with Crippen LogP contribution >= 0.6 is 0 Å². The zero-order valence-electron chi connectivity index (χ0n) is 63.6. The molecule has 3 amide bonds. The largest absolute Gasteiger partial charge is 0.394 e. The number of rotatable bonds is 29. The van der Waals surface area contributed by atoms with E-state index in [0.717, 1.165) is 20.8 Å². The summed E-state index contributed by atoms with van der Waals surface area (Å²) in [6.07, 6.45) is -95.0. The number of ether oxygens (including phenoxy) is 19. The highest BCUT2D eigenvalue weighted by molar-refractivity contribution is 5.74. The molecule has 10 heterocycles. The minimum Gasteiger partial charge on any atom is -0.394 e. The third-order valence-electron chi connectivity index (χ3n) is 22.0. The van der Waals surface area contributed by atoms with E-state index in [9.17, 15) is 152 Å². The standard InChI is InChI=1S/C66H111N3O49/c1-14-30(80)39(89)45(95)61(101-14)117-55-41(91)32(82)19(6-70)105-65(55)113-50-23(10-74)107-58(27(36(50)86)67-16(3)77)100-13-26-35(85)54(116-60-29(69-18(5)79)38(88)51(25(12-76)109-60)114-66-56(42(92)33(83)20(7-71)106-66)118-62-46(96)40(90)31(81)15(2)102-62)48(98)64(110-26)111-49-24(11-75)108-59(28(37(49)87)68-17(4)78)115-53-34(84)21(8-72)104-63(47(53)97)112-52-22(9-73)103-57(99)44(94)43(52)93/h14-15,19-66,70-76,80-99H,6-13H2,1-5H3,(H,67,77)(H,68,78)(H,69,79)/t14-,15-,19+,20+,21+,22+,23+,24+,25+,26+,27+,28+,29+,30+,31+,32-,33-,34-,35-,36+,37+,38+,39+,40+,41-,42-,43+,44+,45-,46-,47+,48+,49+,50+,51+,52+,53-,54-,55+,56+,57?,58+,59-,60-,61-,62-,63-,64-,65-,66-/m0/s1. The van der Waals surface area contributed by atoms with Gasteiger partial charge in [-0.25, -0.2) is 0 Å². The Morgan fingerprint density at radius 2 is 0.500 bits per heavy atom. The van der Waals surface area contributed by atoms with Crippen molar-refractivity contribution in [2.45, 2.75) is 341 Å². The molecule has 0 saturated carbocycles. The van der Waals surface area contributed by atoms with Gasteiger partial charge in [0.15, 0.2) is 62.9 Å². The molecule has 1 unspecified atom stereocenters. The summed E-state index contributed by atoms with van der Waals surface area (Å²) >= 11 is 0. The monoisotopic (exact) mass is 1730 g/mol. The first-order valence-corrected chi connectivity index (χ1v) is 37.9. The molecule has 10 saturated heterocycles. The maximum absolute atomic E-state index is 13.2. The summed E-state index contributed by atoms with van der Waals surface area (Å²) < 4.78 is 112. The van der Waals surface area contributed by atoms with Crippen LogP contribution in [0.25, 0.3) is 0 Å². The Morgan fingerprint density at radius 3 is 0.864 bits per heavy atom. The van der Waals surface area contributed by atoms with Crippen molar-refractivity contribution in [3.05, 3.63) is 0 Å². The van der Waals surface area contributed by atoms with Crippen LogP contribution in [0.3, 0.4) is 0 Å². The fourth-order valence-corrected chi connectivity index (χ4v) is 15.4. The average Bonchev–Trinajstić information content (AvgIpc) is 0.768. The van der Waals surface area contributed by atoms with Gasteiger partial charge in [0.2, 0.25) is 17.7 Å². The van der Waals surface area contributed by atoms with Crippen molar-refractivity contribution in [1.82, 2.24) is 16.0 Å². The molecule has 0 aromatic carbocycles. The second kappa shape index (κ2) is 41.8.